The molecular weight excluding hydrogens is 300 g/mol. The minimum absolute atomic E-state index is 0.971. The maximum atomic E-state index is 4.81. The second kappa shape index (κ2) is 6.38. The highest BCUT2D eigenvalue weighted by molar-refractivity contribution is 9.10. The van der Waals surface area contributed by atoms with Gasteiger partial charge in [0.25, 0.3) is 0 Å². The molecule has 1 aromatic carbocycles. The first-order chi connectivity index (χ1) is 9.15. The molecule has 1 N–H and O–H groups in total. The first-order valence-corrected chi connectivity index (χ1v) is 7.78. The Balaban J connectivity index is 2.55. The molecule has 2 nitrogen and oxygen atoms in total. The normalized spacial score (nSPS) is 10.9. The summed E-state index contributed by atoms with van der Waals surface area (Å²) >= 11 is 3.62. The standard InChI is InChI=1S/C16H21BrN2/c1-4-6-12-10-13-8-11(3)9-14(17)15(13)19-16(12)18-7-5-2/h8-10H,4-7H2,1-3H3,(H,18,19). The van der Waals surface area contributed by atoms with Crippen molar-refractivity contribution in [3.05, 3.63) is 33.8 Å². The Hall–Kier alpha value is -1.09. The third-order valence-electron chi connectivity index (χ3n) is 3.16. The first-order valence-electron chi connectivity index (χ1n) is 6.99. The number of hydrogen-bond acceptors (Lipinski definition) is 2. The van der Waals surface area contributed by atoms with Crippen molar-refractivity contribution in [3.63, 3.8) is 0 Å². The second-order valence-corrected chi connectivity index (χ2v) is 5.85. The van der Waals surface area contributed by atoms with Gasteiger partial charge in [-0.25, -0.2) is 4.98 Å². The molecule has 3 heteroatoms. The van der Waals surface area contributed by atoms with E-state index in [4.69, 9.17) is 4.98 Å². The highest BCUT2D eigenvalue weighted by Crippen LogP contribution is 2.28. The number of aryl methyl sites for hydroxylation is 2. The van der Waals surface area contributed by atoms with Crippen molar-refractivity contribution < 1.29 is 0 Å². The van der Waals surface area contributed by atoms with Gasteiger partial charge in [0.15, 0.2) is 0 Å². The largest absolute Gasteiger partial charge is 0.370 e. The Morgan fingerprint density at radius 2 is 1.95 bits per heavy atom. The molecule has 0 saturated carbocycles. The third kappa shape index (κ3) is 3.27. The van der Waals surface area contributed by atoms with Gasteiger partial charge in [-0.2, -0.15) is 0 Å². The van der Waals surface area contributed by atoms with Crippen molar-refractivity contribution in [2.24, 2.45) is 0 Å². The number of benzene rings is 1. The van der Waals surface area contributed by atoms with Crippen LogP contribution in [0.2, 0.25) is 0 Å². The molecule has 0 fully saturated rings. The molecule has 0 aliphatic carbocycles. The van der Waals surface area contributed by atoms with E-state index in [9.17, 15) is 0 Å². The third-order valence-corrected chi connectivity index (χ3v) is 3.76. The number of aromatic nitrogens is 1. The van der Waals surface area contributed by atoms with Gasteiger partial charge in [0, 0.05) is 16.4 Å². The zero-order chi connectivity index (χ0) is 13.8. The summed E-state index contributed by atoms with van der Waals surface area (Å²) in [5.74, 6) is 1.04. The lowest BCUT2D eigenvalue weighted by atomic mass is 10.1. The van der Waals surface area contributed by atoms with Crippen LogP contribution in [0.25, 0.3) is 10.9 Å². The molecule has 1 heterocycles. The van der Waals surface area contributed by atoms with E-state index in [2.05, 4.69) is 60.2 Å². The summed E-state index contributed by atoms with van der Waals surface area (Å²) in [4.78, 5) is 4.81. The number of nitrogens with one attached hydrogen (secondary N) is 1. The number of fused-ring (bicyclic) bond motifs is 1. The van der Waals surface area contributed by atoms with E-state index < -0.39 is 0 Å². The summed E-state index contributed by atoms with van der Waals surface area (Å²) in [6.07, 6.45) is 3.32. The van der Waals surface area contributed by atoms with E-state index in [0.717, 1.165) is 41.6 Å². The van der Waals surface area contributed by atoms with Crippen LogP contribution in [0.5, 0.6) is 0 Å². The van der Waals surface area contributed by atoms with Crippen molar-refractivity contribution in [2.45, 2.75) is 40.0 Å². The van der Waals surface area contributed by atoms with Crippen LogP contribution in [0.4, 0.5) is 5.82 Å². The number of anilines is 1. The fraction of sp³-hybridized carbons (Fsp3) is 0.438. The van der Waals surface area contributed by atoms with Crippen LogP contribution >= 0.6 is 15.9 Å². The maximum absolute atomic E-state index is 4.81. The van der Waals surface area contributed by atoms with E-state index >= 15 is 0 Å². The Morgan fingerprint density at radius 3 is 2.63 bits per heavy atom. The summed E-state index contributed by atoms with van der Waals surface area (Å²) in [5.41, 5.74) is 3.63. The molecule has 0 atom stereocenters. The van der Waals surface area contributed by atoms with Gasteiger partial charge in [0.05, 0.1) is 5.52 Å². The smallest absolute Gasteiger partial charge is 0.129 e. The molecule has 0 bridgehead atoms. The molecule has 0 spiro atoms. The zero-order valence-corrected chi connectivity index (χ0v) is 13.5. The quantitative estimate of drug-likeness (QED) is 0.830. The van der Waals surface area contributed by atoms with Gasteiger partial charge >= 0.3 is 0 Å². The van der Waals surface area contributed by atoms with Crippen LogP contribution in [0.15, 0.2) is 22.7 Å². The predicted molar refractivity (Wildman–Crippen MR) is 87.0 cm³/mol. The predicted octanol–water partition coefficient (Wildman–Crippen LogP) is 5.08. The van der Waals surface area contributed by atoms with Crippen LogP contribution in [0.1, 0.15) is 37.8 Å². The minimum atomic E-state index is 0.971. The van der Waals surface area contributed by atoms with Gasteiger partial charge in [-0.05, 0) is 65.0 Å². The van der Waals surface area contributed by atoms with E-state index in [-0.39, 0.29) is 0 Å². The minimum Gasteiger partial charge on any atom is -0.370 e. The molecule has 0 aliphatic heterocycles. The fourth-order valence-corrected chi connectivity index (χ4v) is 2.96. The van der Waals surface area contributed by atoms with Crippen molar-refractivity contribution >= 4 is 32.7 Å². The molecule has 0 amide bonds. The Bertz CT molecular complexity index is 578. The molecule has 2 aromatic rings. The lowest BCUT2D eigenvalue weighted by molar-refractivity contribution is 0.906. The number of halogens is 1. The van der Waals surface area contributed by atoms with Crippen LogP contribution in [0.3, 0.4) is 0 Å². The number of nitrogens with zero attached hydrogens (tertiary/aromatic N) is 1. The summed E-state index contributed by atoms with van der Waals surface area (Å²) < 4.78 is 1.07. The lowest BCUT2D eigenvalue weighted by Gasteiger charge is -2.13. The second-order valence-electron chi connectivity index (χ2n) is 4.99. The van der Waals surface area contributed by atoms with Crippen molar-refractivity contribution in [1.82, 2.24) is 4.98 Å². The van der Waals surface area contributed by atoms with Crippen LogP contribution < -0.4 is 5.32 Å². The average Bonchev–Trinajstić information content (AvgIpc) is 2.37. The summed E-state index contributed by atoms with van der Waals surface area (Å²) in [7, 11) is 0. The SMILES string of the molecule is CCCNc1nc2c(Br)cc(C)cc2cc1CCC. The fourth-order valence-electron chi connectivity index (χ4n) is 2.29. The Morgan fingerprint density at radius 1 is 1.16 bits per heavy atom. The van der Waals surface area contributed by atoms with Gasteiger partial charge in [-0.3, -0.25) is 0 Å². The van der Waals surface area contributed by atoms with E-state index in [1.54, 1.807) is 0 Å². The maximum Gasteiger partial charge on any atom is 0.129 e. The first kappa shape index (κ1) is 14.3. The molecule has 0 unspecified atom stereocenters. The zero-order valence-electron chi connectivity index (χ0n) is 11.9. The van der Waals surface area contributed by atoms with Crippen molar-refractivity contribution in [1.29, 1.82) is 0 Å². The van der Waals surface area contributed by atoms with Gasteiger partial charge < -0.3 is 5.32 Å². The molecule has 0 aliphatic rings. The van der Waals surface area contributed by atoms with Gasteiger partial charge in [-0.15, -0.1) is 0 Å². The van der Waals surface area contributed by atoms with Gasteiger partial charge in [0.1, 0.15) is 5.82 Å². The number of rotatable bonds is 5. The monoisotopic (exact) mass is 320 g/mol. The molecule has 102 valence electrons. The molecule has 2 rings (SSSR count). The molecule has 19 heavy (non-hydrogen) atoms. The lowest BCUT2D eigenvalue weighted by Crippen LogP contribution is -2.06. The van der Waals surface area contributed by atoms with Crippen molar-refractivity contribution in [2.75, 3.05) is 11.9 Å². The average molecular weight is 321 g/mol. The topological polar surface area (TPSA) is 24.9 Å². The van der Waals surface area contributed by atoms with Gasteiger partial charge in [0.2, 0.25) is 0 Å². The van der Waals surface area contributed by atoms with E-state index in [1.807, 2.05) is 0 Å². The van der Waals surface area contributed by atoms with E-state index in [0.29, 0.717) is 0 Å². The Kier molecular flexibility index (Phi) is 4.81. The summed E-state index contributed by atoms with van der Waals surface area (Å²) in [6, 6.07) is 6.61. The van der Waals surface area contributed by atoms with Crippen LogP contribution in [-0.2, 0) is 6.42 Å². The van der Waals surface area contributed by atoms with Crippen molar-refractivity contribution in [3.8, 4) is 0 Å². The van der Waals surface area contributed by atoms with Crippen LogP contribution in [-0.4, -0.2) is 11.5 Å². The molecule has 0 radical (unpaired) electrons. The van der Waals surface area contributed by atoms with Crippen LogP contribution in [0, 0.1) is 6.92 Å². The highest BCUT2D eigenvalue weighted by atomic mass is 79.9. The Labute approximate surface area is 123 Å². The summed E-state index contributed by atoms with van der Waals surface area (Å²) in [5, 5.41) is 4.67. The highest BCUT2D eigenvalue weighted by Gasteiger charge is 2.09. The van der Waals surface area contributed by atoms with E-state index in [1.165, 1.54) is 16.5 Å². The molecular formula is C16H21BrN2. The molecule has 0 saturated heterocycles. The molecule has 1 aromatic heterocycles. The number of hydrogen-bond donors (Lipinski definition) is 1. The van der Waals surface area contributed by atoms with Gasteiger partial charge in [-0.1, -0.05) is 20.3 Å². The number of pyridine rings is 1. The summed E-state index contributed by atoms with van der Waals surface area (Å²) in [6.45, 7) is 7.47.